The van der Waals surface area contributed by atoms with E-state index < -0.39 is 0 Å². The number of aryl methyl sites for hydroxylation is 1. The zero-order chi connectivity index (χ0) is 14.5. The summed E-state index contributed by atoms with van der Waals surface area (Å²) < 4.78 is 4.80. The molecule has 1 aromatic heterocycles. The standard InChI is InChI=1S/C16H20N2O2/c1-4-5-6-11-7-8-14-12(9-11)15(17-2)13(10-18-14)16(19)20-3/h7-10H,4-6H2,1-3H3,(H,17,18). The number of carbonyl (C=O) groups is 1. The summed E-state index contributed by atoms with van der Waals surface area (Å²) in [5.74, 6) is -0.372. The molecule has 2 rings (SSSR count). The SMILES string of the molecule is CCCCc1ccc2ncc(C(=O)OC)c(NC)c2c1. The van der Waals surface area contributed by atoms with Gasteiger partial charge >= 0.3 is 5.97 Å². The number of carbonyl (C=O) groups excluding carboxylic acids is 1. The summed E-state index contributed by atoms with van der Waals surface area (Å²) in [6.45, 7) is 2.18. The lowest BCUT2D eigenvalue weighted by atomic mass is 10.0. The number of rotatable bonds is 5. The van der Waals surface area contributed by atoms with Crippen molar-refractivity contribution in [3.8, 4) is 0 Å². The molecule has 0 fully saturated rings. The Morgan fingerprint density at radius 1 is 1.40 bits per heavy atom. The molecular formula is C16H20N2O2. The van der Waals surface area contributed by atoms with Crippen molar-refractivity contribution in [3.63, 3.8) is 0 Å². The fraction of sp³-hybridized carbons (Fsp3) is 0.375. The van der Waals surface area contributed by atoms with Crippen molar-refractivity contribution in [3.05, 3.63) is 35.5 Å². The highest BCUT2D eigenvalue weighted by molar-refractivity contribution is 6.04. The van der Waals surface area contributed by atoms with E-state index in [1.54, 1.807) is 13.2 Å². The first-order chi connectivity index (χ1) is 9.71. The number of nitrogens with zero attached hydrogens (tertiary/aromatic N) is 1. The number of nitrogens with one attached hydrogen (secondary N) is 1. The molecule has 2 aromatic rings. The van der Waals surface area contributed by atoms with Crippen LogP contribution in [0.1, 0.15) is 35.7 Å². The topological polar surface area (TPSA) is 51.2 Å². The normalized spacial score (nSPS) is 10.6. The number of hydrogen-bond acceptors (Lipinski definition) is 4. The van der Waals surface area contributed by atoms with Crippen LogP contribution in [0.15, 0.2) is 24.4 Å². The Morgan fingerprint density at radius 3 is 2.85 bits per heavy atom. The molecule has 0 unspecified atom stereocenters. The van der Waals surface area contributed by atoms with Gasteiger partial charge in [-0.15, -0.1) is 0 Å². The molecule has 0 atom stereocenters. The van der Waals surface area contributed by atoms with E-state index in [1.807, 2.05) is 6.07 Å². The number of aromatic nitrogens is 1. The molecule has 106 valence electrons. The third-order valence-electron chi connectivity index (χ3n) is 3.41. The van der Waals surface area contributed by atoms with Crippen molar-refractivity contribution in [2.45, 2.75) is 26.2 Å². The summed E-state index contributed by atoms with van der Waals surface area (Å²) in [5, 5.41) is 4.06. The molecule has 0 bridgehead atoms. The third-order valence-corrected chi connectivity index (χ3v) is 3.41. The Balaban J connectivity index is 2.55. The lowest BCUT2D eigenvalue weighted by Crippen LogP contribution is -2.07. The first kappa shape index (κ1) is 14.3. The summed E-state index contributed by atoms with van der Waals surface area (Å²) in [4.78, 5) is 16.1. The molecule has 0 spiro atoms. The minimum atomic E-state index is -0.372. The number of unbranched alkanes of at least 4 members (excludes halogenated alkanes) is 1. The van der Waals surface area contributed by atoms with Crippen LogP contribution in [0.5, 0.6) is 0 Å². The molecule has 1 heterocycles. The number of benzene rings is 1. The highest BCUT2D eigenvalue weighted by Crippen LogP contribution is 2.27. The van der Waals surface area contributed by atoms with E-state index in [1.165, 1.54) is 12.7 Å². The average Bonchev–Trinajstić information content (AvgIpc) is 2.50. The van der Waals surface area contributed by atoms with Gasteiger partial charge in [0.1, 0.15) is 5.56 Å². The number of methoxy groups -OCH3 is 1. The van der Waals surface area contributed by atoms with Gasteiger partial charge in [0.05, 0.1) is 18.3 Å². The van der Waals surface area contributed by atoms with Crippen LogP contribution in [0, 0.1) is 0 Å². The molecule has 0 aliphatic carbocycles. The lowest BCUT2D eigenvalue weighted by Gasteiger charge is -2.11. The van der Waals surface area contributed by atoms with Gasteiger partial charge in [-0.25, -0.2) is 4.79 Å². The lowest BCUT2D eigenvalue weighted by molar-refractivity contribution is 0.0601. The Bertz CT molecular complexity index is 623. The quantitative estimate of drug-likeness (QED) is 0.847. The average molecular weight is 272 g/mol. The fourth-order valence-corrected chi connectivity index (χ4v) is 2.31. The number of ether oxygens (including phenoxy) is 1. The van der Waals surface area contributed by atoms with Crippen molar-refractivity contribution in [2.75, 3.05) is 19.5 Å². The van der Waals surface area contributed by atoms with Crippen LogP contribution in [0.3, 0.4) is 0 Å². The smallest absolute Gasteiger partial charge is 0.341 e. The second-order valence-electron chi connectivity index (χ2n) is 4.74. The van der Waals surface area contributed by atoms with E-state index >= 15 is 0 Å². The second kappa shape index (κ2) is 6.37. The molecule has 0 aliphatic heterocycles. The highest BCUT2D eigenvalue weighted by Gasteiger charge is 2.15. The maximum Gasteiger partial charge on any atom is 0.341 e. The Morgan fingerprint density at radius 2 is 2.20 bits per heavy atom. The van der Waals surface area contributed by atoms with E-state index in [-0.39, 0.29) is 5.97 Å². The minimum Gasteiger partial charge on any atom is -0.465 e. The van der Waals surface area contributed by atoms with Crippen molar-refractivity contribution in [2.24, 2.45) is 0 Å². The summed E-state index contributed by atoms with van der Waals surface area (Å²) >= 11 is 0. The van der Waals surface area contributed by atoms with Gasteiger partial charge in [0.15, 0.2) is 0 Å². The van der Waals surface area contributed by atoms with Gasteiger partial charge < -0.3 is 10.1 Å². The van der Waals surface area contributed by atoms with Gasteiger partial charge in [-0.2, -0.15) is 0 Å². The van der Waals surface area contributed by atoms with Crippen LogP contribution < -0.4 is 5.32 Å². The van der Waals surface area contributed by atoms with Crippen molar-refractivity contribution in [1.29, 1.82) is 0 Å². The van der Waals surface area contributed by atoms with E-state index in [9.17, 15) is 4.79 Å². The first-order valence-corrected chi connectivity index (χ1v) is 6.89. The zero-order valence-corrected chi connectivity index (χ0v) is 12.2. The number of esters is 1. The molecule has 20 heavy (non-hydrogen) atoms. The monoisotopic (exact) mass is 272 g/mol. The predicted molar refractivity (Wildman–Crippen MR) is 81.2 cm³/mol. The van der Waals surface area contributed by atoms with Gasteiger partial charge in [-0.05, 0) is 30.5 Å². The molecule has 4 heteroatoms. The highest BCUT2D eigenvalue weighted by atomic mass is 16.5. The van der Waals surface area contributed by atoms with Crippen LogP contribution in [0.2, 0.25) is 0 Å². The summed E-state index contributed by atoms with van der Waals surface area (Å²) in [6, 6.07) is 6.21. The van der Waals surface area contributed by atoms with E-state index in [0.29, 0.717) is 5.56 Å². The van der Waals surface area contributed by atoms with Gasteiger partial charge in [-0.1, -0.05) is 19.4 Å². The molecule has 4 nitrogen and oxygen atoms in total. The van der Waals surface area contributed by atoms with Gasteiger partial charge in [0, 0.05) is 18.6 Å². The fourth-order valence-electron chi connectivity index (χ4n) is 2.31. The number of anilines is 1. The van der Waals surface area contributed by atoms with Gasteiger partial charge in [0.2, 0.25) is 0 Å². The maximum atomic E-state index is 11.8. The van der Waals surface area contributed by atoms with Gasteiger partial charge in [-0.3, -0.25) is 4.98 Å². The molecule has 0 amide bonds. The van der Waals surface area contributed by atoms with Crippen LogP contribution in [-0.4, -0.2) is 25.1 Å². The largest absolute Gasteiger partial charge is 0.465 e. The second-order valence-corrected chi connectivity index (χ2v) is 4.74. The summed E-state index contributed by atoms with van der Waals surface area (Å²) in [5.41, 5.74) is 3.39. The van der Waals surface area contributed by atoms with Crippen molar-refractivity contribution in [1.82, 2.24) is 4.98 Å². The molecule has 1 aromatic carbocycles. The molecule has 0 saturated carbocycles. The molecule has 0 radical (unpaired) electrons. The van der Waals surface area contributed by atoms with Gasteiger partial charge in [0.25, 0.3) is 0 Å². The van der Waals surface area contributed by atoms with E-state index in [0.717, 1.165) is 35.9 Å². The Hall–Kier alpha value is -2.10. The van der Waals surface area contributed by atoms with Crippen LogP contribution in [0.25, 0.3) is 10.9 Å². The Kier molecular flexibility index (Phi) is 4.56. The molecular weight excluding hydrogens is 252 g/mol. The number of pyridine rings is 1. The van der Waals surface area contributed by atoms with Crippen LogP contribution in [0.4, 0.5) is 5.69 Å². The maximum absolute atomic E-state index is 11.8. The first-order valence-electron chi connectivity index (χ1n) is 6.89. The third kappa shape index (κ3) is 2.74. The predicted octanol–water partition coefficient (Wildman–Crippen LogP) is 3.41. The van der Waals surface area contributed by atoms with E-state index in [4.69, 9.17) is 4.74 Å². The molecule has 1 N–H and O–H groups in total. The van der Waals surface area contributed by atoms with Crippen molar-refractivity contribution >= 4 is 22.6 Å². The Labute approximate surface area is 119 Å². The molecule has 0 aliphatic rings. The van der Waals surface area contributed by atoms with Crippen LogP contribution >= 0.6 is 0 Å². The molecule has 0 saturated heterocycles. The zero-order valence-electron chi connectivity index (χ0n) is 12.2. The van der Waals surface area contributed by atoms with Crippen LogP contribution in [-0.2, 0) is 11.2 Å². The van der Waals surface area contributed by atoms with Crippen molar-refractivity contribution < 1.29 is 9.53 Å². The number of hydrogen-bond donors (Lipinski definition) is 1. The number of fused-ring (bicyclic) bond motifs is 1. The summed E-state index contributed by atoms with van der Waals surface area (Å²) in [6.07, 6.45) is 4.92. The summed E-state index contributed by atoms with van der Waals surface area (Å²) in [7, 11) is 3.18. The van der Waals surface area contributed by atoms with E-state index in [2.05, 4.69) is 29.4 Å². The minimum absolute atomic E-state index is 0.372.